The Morgan fingerprint density at radius 1 is 1.16 bits per heavy atom. The van der Waals surface area contributed by atoms with Crippen molar-refractivity contribution >= 4 is 0 Å². The molecular formula is C18H29N. The second-order valence-corrected chi connectivity index (χ2v) is 6.20. The lowest BCUT2D eigenvalue weighted by atomic mass is 9.76. The molecule has 1 aliphatic rings. The van der Waals surface area contributed by atoms with Crippen LogP contribution in [0.25, 0.3) is 0 Å². The molecule has 19 heavy (non-hydrogen) atoms. The van der Waals surface area contributed by atoms with E-state index in [9.17, 15) is 0 Å². The van der Waals surface area contributed by atoms with Gasteiger partial charge in [0.05, 0.1) is 0 Å². The van der Waals surface area contributed by atoms with Crippen LogP contribution in [0.2, 0.25) is 0 Å². The molecule has 0 radical (unpaired) electrons. The predicted molar refractivity (Wildman–Crippen MR) is 83.5 cm³/mol. The van der Waals surface area contributed by atoms with Crippen LogP contribution in [0, 0.1) is 18.8 Å². The molecule has 1 fully saturated rings. The van der Waals surface area contributed by atoms with E-state index < -0.39 is 0 Å². The van der Waals surface area contributed by atoms with E-state index in [2.05, 4.69) is 43.4 Å². The zero-order chi connectivity index (χ0) is 13.5. The van der Waals surface area contributed by atoms with Gasteiger partial charge < -0.3 is 5.32 Å². The summed E-state index contributed by atoms with van der Waals surface area (Å²) in [5.41, 5.74) is 2.93. The maximum atomic E-state index is 3.63. The third kappa shape index (κ3) is 4.65. The quantitative estimate of drug-likeness (QED) is 0.749. The first-order valence-electron chi connectivity index (χ1n) is 8.06. The molecule has 0 aliphatic heterocycles. The maximum Gasteiger partial charge on any atom is -0.00178 e. The van der Waals surface area contributed by atoms with Crippen molar-refractivity contribution in [1.82, 2.24) is 5.32 Å². The van der Waals surface area contributed by atoms with Gasteiger partial charge in [-0.05, 0) is 63.1 Å². The van der Waals surface area contributed by atoms with Gasteiger partial charge in [0.2, 0.25) is 0 Å². The van der Waals surface area contributed by atoms with Crippen LogP contribution >= 0.6 is 0 Å². The first-order valence-corrected chi connectivity index (χ1v) is 8.06. The number of hydrogen-bond acceptors (Lipinski definition) is 1. The summed E-state index contributed by atoms with van der Waals surface area (Å²) in [6.45, 7) is 6.85. The van der Waals surface area contributed by atoms with Crippen LogP contribution in [-0.4, -0.2) is 13.1 Å². The Bertz CT molecular complexity index is 372. The van der Waals surface area contributed by atoms with Crippen LogP contribution in [0.15, 0.2) is 24.3 Å². The van der Waals surface area contributed by atoms with E-state index in [-0.39, 0.29) is 0 Å². The number of hydrogen-bond donors (Lipinski definition) is 1. The molecule has 1 aliphatic carbocycles. The second kappa shape index (κ2) is 7.69. The van der Waals surface area contributed by atoms with E-state index in [1.54, 1.807) is 0 Å². The highest BCUT2D eigenvalue weighted by atomic mass is 14.9. The molecule has 106 valence electrons. The highest BCUT2D eigenvalue weighted by Crippen LogP contribution is 2.32. The number of aryl methyl sites for hydroxylation is 1. The van der Waals surface area contributed by atoms with Crippen molar-refractivity contribution in [2.75, 3.05) is 13.1 Å². The third-order valence-corrected chi connectivity index (χ3v) is 4.48. The zero-order valence-electron chi connectivity index (χ0n) is 12.6. The van der Waals surface area contributed by atoms with Gasteiger partial charge in [0.1, 0.15) is 0 Å². The number of rotatable bonds is 6. The van der Waals surface area contributed by atoms with E-state index in [0.29, 0.717) is 0 Å². The van der Waals surface area contributed by atoms with Crippen molar-refractivity contribution in [3.05, 3.63) is 35.4 Å². The van der Waals surface area contributed by atoms with Gasteiger partial charge in [-0.3, -0.25) is 0 Å². The van der Waals surface area contributed by atoms with E-state index >= 15 is 0 Å². The molecule has 1 aromatic rings. The Balaban J connectivity index is 1.91. The number of nitrogens with one attached hydrogen (secondary N) is 1. The van der Waals surface area contributed by atoms with Crippen molar-refractivity contribution in [3.63, 3.8) is 0 Å². The van der Waals surface area contributed by atoms with Crippen LogP contribution in [0.4, 0.5) is 0 Å². The molecular weight excluding hydrogens is 230 g/mol. The standard InChI is InChI=1S/C18H29N/c1-3-11-19-14-18-10-5-4-9-17(18)13-16-8-6-7-15(2)12-16/h6-8,12,17-19H,3-5,9-11,13-14H2,1-2H3. The van der Waals surface area contributed by atoms with Crippen molar-refractivity contribution < 1.29 is 0 Å². The SMILES string of the molecule is CCCNCC1CCCCC1Cc1cccc(C)c1. The largest absolute Gasteiger partial charge is 0.316 e. The van der Waals surface area contributed by atoms with Gasteiger partial charge >= 0.3 is 0 Å². The molecule has 1 nitrogen and oxygen atoms in total. The molecule has 2 unspecified atom stereocenters. The molecule has 2 atom stereocenters. The fraction of sp³-hybridized carbons (Fsp3) is 0.667. The highest BCUT2D eigenvalue weighted by Gasteiger charge is 2.24. The minimum Gasteiger partial charge on any atom is -0.316 e. The minimum absolute atomic E-state index is 0.889. The predicted octanol–water partition coefficient (Wildman–Crippen LogP) is 4.34. The lowest BCUT2D eigenvalue weighted by molar-refractivity contribution is 0.229. The maximum absolute atomic E-state index is 3.63. The molecule has 0 aromatic heterocycles. The van der Waals surface area contributed by atoms with Crippen LogP contribution < -0.4 is 5.32 Å². The van der Waals surface area contributed by atoms with Gasteiger partial charge in [-0.2, -0.15) is 0 Å². The molecule has 2 rings (SSSR count). The lowest BCUT2D eigenvalue weighted by Crippen LogP contribution is -2.32. The number of benzene rings is 1. The molecule has 1 N–H and O–H groups in total. The zero-order valence-corrected chi connectivity index (χ0v) is 12.6. The van der Waals surface area contributed by atoms with Gasteiger partial charge in [-0.15, -0.1) is 0 Å². The van der Waals surface area contributed by atoms with Crippen molar-refractivity contribution in [3.8, 4) is 0 Å². The highest BCUT2D eigenvalue weighted by molar-refractivity contribution is 5.22. The first-order chi connectivity index (χ1) is 9.29. The van der Waals surface area contributed by atoms with Gasteiger partial charge in [0.15, 0.2) is 0 Å². The summed E-state index contributed by atoms with van der Waals surface area (Å²) in [7, 11) is 0. The van der Waals surface area contributed by atoms with Gasteiger partial charge in [-0.25, -0.2) is 0 Å². The van der Waals surface area contributed by atoms with E-state index in [1.807, 2.05) is 0 Å². The van der Waals surface area contributed by atoms with Crippen molar-refractivity contribution in [1.29, 1.82) is 0 Å². The Morgan fingerprint density at radius 3 is 2.68 bits per heavy atom. The van der Waals surface area contributed by atoms with Crippen molar-refractivity contribution in [2.24, 2.45) is 11.8 Å². The molecule has 0 saturated heterocycles. The Labute approximate surface area is 118 Å². The van der Waals surface area contributed by atoms with Crippen LogP contribution in [0.1, 0.15) is 50.2 Å². The van der Waals surface area contributed by atoms with Crippen molar-refractivity contribution in [2.45, 2.75) is 52.4 Å². The van der Waals surface area contributed by atoms with Gasteiger partial charge in [0, 0.05) is 0 Å². The fourth-order valence-electron chi connectivity index (χ4n) is 3.43. The fourth-order valence-corrected chi connectivity index (χ4v) is 3.43. The molecule has 0 amide bonds. The summed E-state index contributed by atoms with van der Waals surface area (Å²) < 4.78 is 0. The summed E-state index contributed by atoms with van der Waals surface area (Å²) in [6.07, 6.45) is 8.23. The summed E-state index contributed by atoms with van der Waals surface area (Å²) in [6, 6.07) is 9.08. The Kier molecular flexibility index (Phi) is 5.91. The Morgan fingerprint density at radius 2 is 1.95 bits per heavy atom. The summed E-state index contributed by atoms with van der Waals surface area (Å²) >= 11 is 0. The molecule has 1 aromatic carbocycles. The van der Waals surface area contributed by atoms with E-state index in [0.717, 1.165) is 11.8 Å². The van der Waals surface area contributed by atoms with Crippen LogP contribution in [-0.2, 0) is 6.42 Å². The summed E-state index contributed by atoms with van der Waals surface area (Å²) in [5, 5.41) is 3.63. The van der Waals surface area contributed by atoms with E-state index in [1.165, 1.54) is 62.7 Å². The molecule has 1 heteroatoms. The van der Waals surface area contributed by atoms with E-state index in [4.69, 9.17) is 0 Å². The molecule has 1 saturated carbocycles. The van der Waals surface area contributed by atoms with Gasteiger partial charge in [0.25, 0.3) is 0 Å². The smallest absolute Gasteiger partial charge is 0.00178 e. The second-order valence-electron chi connectivity index (χ2n) is 6.20. The normalized spacial score (nSPS) is 23.5. The summed E-state index contributed by atoms with van der Waals surface area (Å²) in [5.74, 6) is 1.78. The van der Waals surface area contributed by atoms with Gasteiger partial charge in [-0.1, -0.05) is 49.6 Å². The average Bonchev–Trinajstić information content (AvgIpc) is 2.41. The molecule has 0 spiro atoms. The third-order valence-electron chi connectivity index (χ3n) is 4.48. The first kappa shape index (κ1) is 14.6. The average molecular weight is 259 g/mol. The molecule has 0 heterocycles. The Hall–Kier alpha value is -0.820. The molecule has 0 bridgehead atoms. The lowest BCUT2D eigenvalue weighted by Gasteiger charge is -2.32. The summed E-state index contributed by atoms with van der Waals surface area (Å²) in [4.78, 5) is 0. The topological polar surface area (TPSA) is 12.0 Å². The van der Waals surface area contributed by atoms with Crippen LogP contribution in [0.3, 0.4) is 0 Å². The monoisotopic (exact) mass is 259 g/mol. The minimum atomic E-state index is 0.889. The van der Waals surface area contributed by atoms with Crippen LogP contribution in [0.5, 0.6) is 0 Å².